The fourth-order valence-electron chi connectivity index (χ4n) is 0. The van der Waals surface area contributed by atoms with Crippen LogP contribution in [0.4, 0.5) is 0 Å². The fraction of sp³-hybridized carbons (Fsp3) is 0. The summed E-state index contributed by atoms with van der Waals surface area (Å²) in [6, 6.07) is 0. The molecule has 26 valence electrons. The number of hydrogen-bond donors (Lipinski definition) is 2. The van der Waals surface area contributed by atoms with Gasteiger partial charge in [0.2, 0.25) is 0 Å². The van der Waals surface area contributed by atoms with E-state index in [-0.39, 0.29) is 0 Å². The van der Waals surface area contributed by atoms with E-state index in [0.29, 0.717) is 0 Å². The van der Waals surface area contributed by atoms with E-state index >= 15 is 0 Å². The highest BCUT2D eigenvalue weighted by Crippen LogP contribution is 2.01. The molecular formula is H5NPS2+. The molecule has 0 amide bonds. The third-order valence-corrected chi connectivity index (χ3v) is 0. The Labute approximate surface area is 39.1 Å². The first-order valence-corrected chi connectivity index (χ1v) is 2.15. The number of nitrogens with zero attached hydrogens (tertiary/aromatic N) is 1. The Morgan fingerprint density at radius 2 is 1.50 bits per heavy atom. The van der Waals surface area contributed by atoms with Gasteiger partial charge >= 0.3 is 0 Å². The van der Waals surface area contributed by atoms with Gasteiger partial charge in [0.25, 0.3) is 0 Å². The van der Waals surface area contributed by atoms with Crippen LogP contribution >= 0.6 is 35.0 Å². The van der Waals surface area contributed by atoms with Crippen molar-refractivity contribution in [2.24, 2.45) is 0 Å². The molecule has 0 N–H and O–H groups in total. The molecule has 0 heterocycles. The lowest BCUT2D eigenvalue weighted by Gasteiger charge is -1.78. The number of rotatable bonds is 0. The van der Waals surface area contributed by atoms with Crippen molar-refractivity contribution in [3.05, 3.63) is 0 Å². The van der Waals surface area contributed by atoms with E-state index < -0.39 is 0 Å². The minimum Gasteiger partial charge on any atom is -0.0833 e. The third-order valence-electron chi connectivity index (χ3n) is 0. The summed E-state index contributed by atoms with van der Waals surface area (Å²) in [5.74, 6) is 0. The highest BCUT2D eigenvalue weighted by Gasteiger charge is 1.69. The minimum atomic E-state index is 1.42. The van der Waals surface area contributed by atoms with E-state index in [1.165, 1.54) is 3.48 Å². The van der Waals surface area contributed by atoms with E-state index in [1.807, 2.05) is 0 Å². The van der Waals surface area contributed by atoms with Crippen molar-refractivity contribution in [2.45, 2.75) is 0 Å². The molecule has 4 heteroatoms. The van der Waals surface area contributed by atoms with Crippen LogP contribution in [0.3, 0.4) is 0 Å². The summed E-state index contributed by atoms with van der Waals surface area (Å²) >= 11 is 7.35. The Morgan fingerprint density at radius 3 is 1.50 bits per heavy atom. The van der Waals surface area contributed by atoms with Gasteiger partial charge in [-0.2, -0.15) is 0 Å². The van der Waals surface area contributed by atoms with E-state index in [1.54, 1.807) is 9.39 Å². The largest absolute Gasteiger partial charge is 0.0833 e. The van der Waals surface area contributed by atoms with Crippen LogP contribution in [0.1, 0.15) is 0 Å². The molecule has 0 bridgehead atoms. The van der Waals surface area contributed by atoms with Crippen molar-refractivity contribution in [1.29, 1.82) is 0 Å². The number of thiol groups is 2. The topological polar surface area (TPSA) is 3.24 Å². The molecule has 1 nitrogen and oxygen atoms in total. The van der Waals surface area contributed by atoms with Crippen LogP contribution in [-0.2, 0) is 0 Å². The summed E-state index contributed by atoms with van der Waals surface area (Å²) in [7, 11) is 1.56. The van der Waals surface area contributed by atoms with Gasteiger partial charge < -0.3 is 0 Å². The highest BCUT2D eigenvalue weighted by molar-refractivity contribution is 7.98. The predicted molar refractivity (Wildman–Crippen MR) is 30.9 cm³/mol. The molecule has 1 unspecified atom stereocenters. The molecule has 0 saturated carbocycles. The van der Waals surface area contributed by atoms with Crippen molar-refractivity contribution in [3.63, 3.8) is 0 Å². The molecule has 0 aliphatic carbocycles. The molecule has 0 saturated heterocycles. The van der Waals surface area contributed by atoms with Crippen LogP contribution in [-0.4, -0.2) is 3.48 Å². The summed E-state index contributed by atoms with van der Waals surface area (Å²) in [6.07, 6.45) is 0. The van der Waals surface area contributed by atoms with E-state index in [4.69, 9.17) is 0 Å². The molecule has 0 fully saturated rings. The van der Waals surface area contributed by atoms with Crippen LogP contribution < -0.4 is 0 Å². The predicted octanol–water partition coefficient (Wildman–Crippen LogP) is 0.500. The zero-order chi connectivity index (χ0) is 3.58. The van der Waals surface area contributed by atoms with Gasteiger partial charge in [0.05, 0.1) is 9.39 Å². The van der Waals surface area contributed by atoms with E-state index in [0.717, 1.165) is 0 Å². The van der Waals surface area contributed by atoms with Crippen molar-refractivity contribution in [1.82, 2.24) is 3.48 Å². The Kier molecular flexibility index (Phi) is 2.97. The molecule has 0 aromatic rings. The van der Waals surface area contributed by atoms with Crippen LogP contribution in [0.5, 0.6) is 0 Å². The summed E-state index contributed by atoms with van der Waals surface area (Å²) in [5.41, 5.74) is 0. The normalized spacial score (nSPS) is 9.75. The Bertz CT molecular complexity index is 10.8. The molecule has 0 aliphatic rings. The highest BCUT2D eigenvalue weighted by atomic mass is 32.2. The summed E-state index contributed by atoms with van der Waals surface area (Å²) in [6.45, 7) is 0. The maximum absolute atomic E-state index is 3.68. The van der Waals surface area contributed by atoms with E-state index in [2.05, 4.69) is 25.6 Å². The molecule has 0 aliphatic heterocycles. The van der Waals surface area contributed by atoms with Gasteiger partial charge in [-0.1, -0.05) is 3.48 Å². The van der Waals surface area contributed by atoms with Crippen LogP contribution in [0.2, 0.25) is 0 Å². The van der Waals surface area contributed by atoms with Gasteiger partial charge in [-0.15, -0.1) is 0 Å². The zero-order valence-electron chi connectivity index (χ0n) is 2.05. The van der Waals surface area contributed by atoms with Crippen molar-refractivity contribution < 1.29 is 0 Å². The second-order valence-corrected chi connectivity index (χ2v) is 3.35. The van der Waals surface area contributed by atoms with Crippen LogP contribution in [0, 0.1) is 0 Å². The fourth-order valence-corrected chi connectivity index (χ4v) is 0. The standard InChI is InChI=1S/H4NPS2/c2-1(3)4/h3-4H,2H2/p+1. The average molecular weight is 114 g/mol. The molecule has 0 aromatic carbocycles. The van der Waals surface area contributed by atoms with Crippen molar-refractivity contribution in [3.8, 4) is 0 Å². The SMILES string of the molecule is [PH3+]N(S)S. The Balaban J connectivity index is 2.32. The first-order valence-electron chi connectivity index (χ1n) is 0.716. The molecule has 0 aromatic heterocycles. The molecular weight excluding hydrogens is 109 g/mol. The average Bonchev–Trinajstić information content (AvgIpc) is 0.811. The van der Waals surface area contributed by atoms with Crippen molar-refractivity contribution in [2.75, 3.05) is 0 Å². The molecule has 1 atom stereocenters. The lowest BCUT2D eigenvalue weighted by molar-refractivity contribution is 1.34. The second-order valence-electron chi connectivity index (χ2n) is 0.372. The van der Waals surface area contributed by atoms with Crippen molar-refractivity contribution >= 4 is 35.0 Å². The van der Waals surface area contributed by atoms with Gasteiger partial charge in [0, 0.05) is 0 Å². The summed E-state index contributed by atoms with van der Waals surface area (Å²) in [4.78, 5) is 0. The first-order chi connectivity index (χ1) is 1.73. The quantitative estimate of drug-likeness (QED) is 0.342. The van der Waals surface area contributed by atoms with E-state index in [9.17, 15) is 0 Å². The van der Waals surface area contributed by atoms with Gasteiger partial charge in [-0.05, 0) is 25.6 Å². The number of hydrogen-bond acceptors (Lipinski definition) is 3. The van der Waals surface area contributed by atoms with Gasteiger partial charge in [0.1, 0.15) is 0 Å². The molecule has 0 radical (unpaired) electrons. The smallest absolute Gasteiger partial charge is 0.0678 e. The molecule has 4 heavy (non-hydrogen) atoms. The maximum Gasteiger partial charge on any atom is 0.0678 e. The maximum atomic E-state index is 3.68. The minimum absolute atomic E-state index is 1.42. The summed E-state index contributed by atoms with van der Waals surface area (Å²) in [5, 5.41) is 0. The van der Waals surface area contributed by atoms with Gasteiger partial charge in [0.15, 0.2) is 0 Å². The molecule has 0 spiro atoms. The first kappa shape index (κ1) is 5.09. The van der Waals surface area contributed by atoms with Gasteiger partial charge in [-0.25, -0.2) is 0 Å². The third kappa shape index (κ3) is 11.4. The lowest BCUT2D eigenvalue weighted by Crippen LogP contribution is -1.61. The Morgan fingerprint density at radius 1 is 1.50 bits per heavy atom. The monoisotopic (exact) mass is 114 g/mol. The van der Waals surface area contributed by atoms with Crippen LogP contribution in [0.15, 0.2) is 0 Å². The van der Waals surface area contributed by atoms with Gasteiger partial charge in [-0.3, -0.25) is 0 Å². The Hall–Kier alpha value is 1.09. The summed E-state index contributed by atoms with van der Waals surface area (Å²) < 4.78 is 1.42. The second kappa shape index (κ2) is 2.33. The lowest BCUT2D eigenvalue weighted by atomic mass is 13.8. The zero-order valence-corrected chi connectivity index (χ0v) is 5.25. The van der Waals surface area contributed by atoms with Crippen LogP contribution in [0.25, 0.3) is 0 Å². The molecule has 0 rings (SSSR count).